The molecule has 4 atom stereocenters. The maximum absolute atomic E-state index is 11.5. The Hall–Kier alpha value is 0.882. The van der Waals surface area contributed by atoms with E-state index in [0.717, 1.165) is 12.8 Å². The van der Waals surface area contributed by atoms with Crippen molar-refractivity contribution in [2.24, 2.45) is 5.73 Å². The van der Waals surface area contributed by atoms with Crippen LogP contribution in [0.25, 0.3) is 0 Å². The number of unbranched alkanes of at least 4 members (excludes halogenated alkanes) is 1. The van der Waals surface area contributed by atoms with E-state index >= 15 is 0 Å². The summed E-state index contributed by atoms with van der Waals surface area (Å²) in [6, 6.07) is -0.853. The summed E-state index contributed by atoms with van der Waals surface area (Å²) in [4.78, 5) is 22.1. The zero-order chi connectivity index (χ0) is 23.5. The molecule has 0 bridgehead atoms. The normalized spacial score (nSPS) is 15.1. The Balaban J connectivity index is 3.73. The number of carbonyl (C=O) groups is 2. The molecule has 0 amide bonds. The fourth-order valence-electron chi connectivity index (χ4n) is 2.29. The van der Waals surface area contributed by atoms with Gasteiger partial charge in [0.05, 0.1) is 0 Å². The van der Waals surface area contributed by atoms with Crippen molar-refractivity contribution in [3.05, 3.63) is 0 Å². The summed E-state index contributed by atoms with van der Waals surface area (Å²) < 4.78 is 11.1. The molecule has 0 aromatic carbocycles. The fraction of sp³-hybridized carbons (Fsp3) is 0.895. The first-order valence-electron chi connectivity index (χ1n) is 10.6. The van der Waals surface area contributed by atoms with Crippen molar-refractivity contribution in [2.45, 2.75) is 60.0 Å². The summed E-state index contributed by atoms with van der Waals surface area (Å²) >= 11 is -1.78. The number of aliphatic hydroxyl groups excluding tert-OH is 2. The molecule has 9 nitrogen and oxygen atoms in total. The van der Waals surface area contributed by atoms with Gasteiger partial charge in [-0.2, -0.15) is 0 Å². The third kappa shape index (κ3) is 20.0. The van der Waals surface area contributed by atoms with Crippen molar-refractivity contribution in [2.75, 3.05) is 37.9 Å². The second-order valence-electron chi connectivity index (χ2n) is 7.15. The molecule has 31 heavy (non-hydrogen) atoms. The first kappa shape index (κ1) is 31.9. The van der Waals surface area contributed by atoms with Crippen LogP contribution in [0.4, 0.5) is 0 Å². The molecular weight excluding hydrogens is 661 g/mol. The Kier molecular flexibility index (Phi) is 22.0. The predicted molar refractivity (Wildman–Crippen MR) is 119 cm³/mol. The van der Waals surface area contributed by atoms with Gasteiger partial charge in [-0.15, -0.1) is 0 Å². The number of aliphatic hydroxyl groups is 2. The van der Waals surface area contributed by atoms with Crippen LogP contribution >= 0.6 is 21.6 Å². The van der Waals surface area contributed by atoms with Crippen LogP contribution in [-0.2, 0) is 19.1 Å². The molecule has 0 saturated heterocycles. The van der Waals surface area contributed by atoms with Gasteiger partial charge >= 0.3 is 209 Å². The number of nitrogens with two attached hydrogens (primary N) is 1. The second kappa shape index (κ2) is 21.4. The minimum absolute atomic E-state index is 0.232. The zero-order valence-electron chi connectivity index (χ0n) is 18.2. The number of carboxylic acids is 2. The average Bonchev–Trinajstić information content (AvgIpc) is 2.73. The summed E-state index contributed by atoms with van der Waals surface area (Å²) in [5.41, 5.74) is 5.43. The van der Waals surface area contributed by atoms with Gasteiger partial charge < -0.3 is 0 Å². The molecule has 0 aliphatic heterocycles. The number of rotatable bonds is 22. The van der Waals surface area contributed by atoms with Crippen LogP contribution in [0.1, 0.15) is 39.0 Å². The molecule has 0 aromatic heterocycles. The van der Waals surface area contributed by atoms with Gasteiger partial charge in [0, 0.05) is 0 Å². The molecule has 4 unspecified atom stereocenters. The van der Waals surface area contributed by atoms with Crippen molar-refractivity contribution in [1.29, 1.82) is 0 Å². The van der Waals surface area contributed by atoms with Gasteiger partial charge in [-0.1, -0.05) is 6.92 Å². The van der Waals surface area contributed by atoms with Gasteiger partial charge in [-0.3, -0.25) is 0 Å². The molecule has 0 fully saturated rings. The molecule has 0 spiro atoms. The molecule has 0 rings (SSSR count). The number of ether oxygens (including phenoxy) is 2. The van der Waals surface area contributed by atoms with E-state index in [0.29, 0.717) is 52.2 Å². The molecular formula is C19H37AcNO8S2. The van der Waals surface area contributed by atoms with E-state index in [9.17, 15) is 24.9 Å². The van der Waals surface area contributed by atoms with Crippen molar-refractivity contribution in [3.8, 4) is 0 Å². The molecule has 0 aliphatic carbocycles. The van der Waals surface area contributed by atoms with E-state index in [1.807, 2.05) is 6.92 Å². The Morgan fingerprint density at radius 2 is 1.48 bits per heavy atom. The standard InChI is InChI=1S/C11H23O4.C8H14NO4S2.Ac/c1-3-11(13)9-15-7-5-4-6-14-8-10(2)12;9-6(8(12)13)3-5-15-14-4-1-2-7(10)11;/h10-13H,2-9H2,1H3;2,6H,1,3-5,9H2,(H,10,11)(H,12,13);. The van der Waals surface area contributed by atoms with E-state index in [1.165, 1.54) is 10.8 Å². The van der Waals surface area contributed by atoms with Gasteiger partial charge in [0.2, 0.25) is 0 Å². The third-order valence-corrected chi connectivity index (χ3v) is 15.1. The van der Waals surface area contributed by atoms with Crippen molar-refractivity contribution < 1.29 is 79.2 Å². The fourth-order valence-corrected chi connectivity index (χ4v) is 11.2. The predicted octanol–water partition coefficient (Wildman–Crippen LogP) is 1.88. The van der Waals surface area contributed by atoms with Gasteiger partial charge in [0.15, 0.2) is 0 Å². The van der Waals surface area contributed by atoms with Crippen molar-refractivity contribution >= 4 is 33.5 Å². The number of hydrogen-bond acceptors (Lipinski definition) is 9. The zero-order valence-corrected chi connectivity index (χ0v) is 24.6. The molecule has 0 radical (unpaired) electrons. The minimum atomic E-state index is -1.78. The summed E-state index contributed by atoms with van der Waals surface area (Å²) in [5.74, 6) is -0.485. The van der Waals surface area contributed by atoms with Crippen LogP contribution in [0, 0.1) is 39.7 Å². The first-order chi connectivity index (χ1) is 14.8. The summed E-state index contributed by atoms with van der Waals surface area (Å²) in [5, 5.41) is 37.6. The van der Waals surface area contributed by atoms with E-state index < -0.39 is 69.9 Å². The summed E-state index contributed by atoms with van der Waals surface area (Å²) in [6.07, 6.45) is 2.27. The molecule has 6 N–H and O–H groups in total. The van der Waals surface area contributed by atoms with Crippen LogP contribution in [0.3, 0.4) is 0 Å². The topological polar surface area (TPSA) is 160 Å². The Bertz CT molecular complexity index is 478. The monoisotopic (exact) mass is 698 g/mol. The maximum atomic E-state index is 11.5. The molecule has 0 aliphatic rings. The van der Waals surface area contributed by atoms with E-state index in [-0.39, 0.29) is 7.70 Å². The van der Waals surface area contributed by atoms with Crippen LogP contribution in [0.15, 0.2) is 0 Å². The quantitative estimate of drug-likeness (QED) is 0.0831. The Morgan fingerprint density at radius 1 is 0.935 bits per heavy atom. The summed E-state index contributed by atoms with van der Waals surface area (Å²) in [6.45, 7) is 3.58. The third-order valence-electron chi connectivity index (χ3n) is 4.35. The van der Waals surface area contributed by atoms with Crippen LogP contribution in [-0.4, -0.2) is 88.5 Å². The number of aliphatic carboxylic acids is 2. The Morgan fingerprint density at radius 3 is 2.00 bits per heavy atom. The van der Waals surface area contributed by atoms with E-state index in [1.54, 1.807) is 10.8 Å². The van der Waals surface area contributed by atoms with E-state index in [4.69, 9.17) is 20.3 Å². The molecule has 181 valence electrons. The molecule has 0 saturated carbocycles. The Labute approximate surface area is 214 Å². The van der Waals surface area contributed by atoms with Gasteiger partial charge in [0.25, 0.3) is 0 Å². The van der Waals surface area contributed by atoms with Crippen LogP contribution in [0.5, 0.6) is 0 Å². The first-order valence-corrected chi connectivity index (χ1v) is 19.2. The number of carboxylic acid groups (broad SMARTS) is 2. The SMILES string of the molecule is CCC(O)COCCCCOCC(O)[CH2][Ac][CH](CCSSCCC(N)C(=O)O)C(=O)O. The second-order valence-corrected chi connectivity index (χ2v) is 17.0. The number of hydrogen-bond donors (Lipinski definition) is 5. The van der Waals surface area contributed by atoms with Crippen LogP contribution < -0.4 is 5.73 Å². The van der Waals surface area contributed by atoms with Crippen molar-refractivity contribution in [3.63, 3.8) is 0 Å². The van der Waals surface area contributed by atoms with Gasteiger partial charge in [0.1, 0.15) is 0 Å². The van der Waals surface area contributed by atoms with Crippen molar-refractivity contribution in [1.82, 2.24) is 0 Å². The molecule has 12 heteroatoms. The van der Waals surface area contributed by atoms with Gasteiger partial charge in [-0.25, -0.2) is 0 Å². The average molecular weight is 699 g/mol. The molecule has 0 heterocycles. The van der Waals surface area contributed by atoms with Crippen LogP contribution in [0.2, 0.25) is 2.70 Å². The summed E-state index contributed by atoms with van der Waals surface area (Å²) in [7, 11) is 3.06. The van der Waals surface area contributed by atoms with Gasteiger partial charge in [-0.05, 0) is 0 Å². The molecule has 0 aromatic rings. The van der Waals surface area contributed by atoms with E-state index in [2.05, 4.69) is 0 Å².